The first-order valence-electron chi connectivity index (χ1n) is 7.15. The van der Waals surface area contributed by atoms with E-state index in [2.05, 4.69) is 27.6 Å². The zero-order chi connectivity index (χ0) is 15.2. The number of rotatable bonds is 5. The van der Waals surface area contributed by atoms with Gasteiger partial charge in [0.05, 0.1) is 4.34 Å². The van der Waals surface area contributed by atoms with Crippen LogP contribution >= 0.6 is 46.9 Å². The Balaban J connectivity index is 0.00000242. The van der Waals surface area contributed by atoms with Crippen LogP contribution in [0.25, 0.3) is 0 Å². The zero-order valence-corrected chi connectivity index (χ0v) is 16.8. The highest BCUT2D eigenvalue weighted by Crippen LogP contribution is 2.26. The van der Waals surface area contributed by atoms with Gasteiger partial charge in [0.25, 0.3) is 0 Å². The molecule has 0 bridgehead atoms. The number of thiophene rings is 1. The Labute approximate surface area is 158 Å². The summed E-state index contributed by atoms with van der Waals surface area (Å²) in [4.78, 5) is 7.39. The average molecular weight is 459 g/mol. The molecule has 0 aliphatic carbocycles. The molecule has 22 heavy (non-hydrogen) atoms. The number of aliphatic imine (C=N–C) groups is 1. The SMILES string of the molecule is CN=C(NCC1CCN(C)C1)NCC(O)c1ccc(Cl)s1.I. The van der Waals surface area contributed by atoms with Crippen molar-refractivity contribution in [3.63, 3.8) is 0 Å². The van der Waals surface area contributed by atoms with Crippen LogP contribution in [0.5, 0.6) is 0 Å². The lowest BCUT2D eigenvalue weighted by Gasteiger charge is -2.17. The molecule has 1 aromatic rings. The normalized spacial score (nSPS) is 20.5. The van der Waals surface area contributed by atoms with Gasteiger partial charge < -0.3 is 20.6 Å². The number of likely N-dealkylation sites (tertiary alicyclic amines) is 1. The fraction of sp³-hybridized carbons (Fsp3) is 0.643. The summed E-state index contributed by atoms with van der Waals surface area (Å²) in [5, 5.41) is 16.6. The van der Waals surface area contributed by atoms with Crippen LogP contribution < -0.4 is 10.6 Å². The third-order valence-corrected chi connectivity index (χ3v) is 4.99. The van der Waals surface area contributed by atoms with Crippen LogP contribution in [0.3, 0.4) is 0 Å². The smallest absolute Gasteiger partial charge is 0.191 e. The molecular formula is C14H24ClIN4OS. The highest BCUT2D eigenvalue weighted by Gasteiger charge is 2.19. The van der Waals surface area contributed by atoms with Crippen LogP contribution in [0.1, 0.15) is 17.4 Å². The van der Waals surface area contributed by atoms with Crippen molar-refractivity contribution >= 4 is 52.9 Å². The molecule has 1 fully saturated rings. The molecular weight excluding hydrogens is 435 g/mol. The fourth-order valence-electron chi connectivity index (χ4n) is 2.46. The Morgan fingerprint density at radius 1 is 1.55 bits per heavy atom. The van der Waals surface area contributed by atoms with Crippen molar-refractivity contribution in [2.45, 2.75) is 12.5 Å². The van der Waals surface area contributed by atoms with Gasteiger partial charge in [0.15, 0.2) is 5.96 Å². The van der Waals surface area contributed by atoms with Gasteiger partial charge in [-0.3, -0.25) is 4.99 Å². The fourth-order valence-corrected chi connectivity index (χ4v) is 3.50. The molecule has 1 saturated heterocycles. The second kappa shape index (κ2) is 9.92. The molecule has 2 rings (SSSR count). The van der Waals surface area contributed by atoms with Gasteiger partial charge in [-0.2, -0.15) is 0 Å². The molecule has 2 heterocycles. The minimum absolute atomic E-state index is 0. The first-order valence-corrected chi connectivity index (χ1v) is 8.34. The van der Waals surface area contributed by atoms with E-state index in [-0.39, 0.29) is 24.0 Å². The molecule has 3 N–H and O–H groups in total. The largest absolute Gasteiger partial charge is 0.386 e. The first kappa shape index (κ1) is 20.0. The van der Waals surface area contributed by atoms with Gasteiger partial charge in [0.1, 0.15) is 6.10 Å². The summed E-state index contributed by atoms with van der Waals surface area (Å²) >= 11 is 7.27. The first-order chi connectivity index (χ1) is 10.1. The van der Waals surface area contributed by atoms with Crippen LogP contribution in [0.4, 0.5) is 0 Å². The van der Waals surface area contributed by atoms with Crippen molar-refractivity contribution in [2.24, 2.45) is 10.9 Å². The Hall–Kier alpha value is -0.0900. The number of aliphatic hydroxyl groups excluding tert-OH is 1. The van der Waals surface area contributed by atoms with E-state index >= 15 is 0 Å². The third kappa shape index (κ3) is 6.19. The number of aliphatic hydroxyl groups is 1. The van der Waals surface area contributed by atoms with E-state index in [9.17, 15) is 5.11 Å². The summed E-state index contributed by atoms with van der Waals surface area (Å²) in [6, 6.07) is 3.65. The van der Waals surface area contributed by atoms with Crippen LogP contribution in [0.15, 0.2) is 17.1 Å². The van der Waals surface area contributed by atoms with E-state index < -0.39 is 6.10 Å². The van der Waals surface area contributed by atoms with E-state index in [1.54, 1.807) is 13.1 Å². The summed E-state index contributed by atoms with van der Waals surface area (Å²) in [7, 11) is 3.89. The predicted molar refractivity (Wildman–Crippen MR) is 105 cm³/mol. The topological polar surface area (TPSA) is 59.9 Å². The van der Waals surface area contributed by atoms with Gasteiger partial charge in [-0.25, -0.2) is 0 Å². The van der Waals surface area contributed by atoms with E-state index in [0.29, 0.717) is 16.8 Å². The van der Waals surface area contributed by atoms with E-state index in [1.807, 2.05) is 6.07 Å². The van der Waals surface area contributed by atoms with Crippen molar-refractivity contribution in [2.75, 3.05) is 40.3 Å². The molecule has 0 saturated carbocycles. The molecule has 0 aromatic carbocycles. The van der Waals surface area contributed by atoms with Gasteiger partial charge in [0, 0.05) is 31.6 Å². The third-order valence-electron chi connectivity index (χ3n) is 3.66. The second-order valence-electron chi connectivity index (χ2n) is 5.41. The van der Waals surface area contributed by atoms with Crippen molar-refractivity contribution in [3.8, 4) is 0 Å². The molecule has 0 spiro atoms. The van der Waals surface area contributed by atoms with Gasteiger partial charge in [-0.05, 0) is 38.1 Å². The summed E-state index contributed by atoms with van der Waals surface area (Å²) in [5.41, 5.74) is 0. The molecule has 126 valence electrons. The molecule has 1 aliphatic rings. The molecule has 1 aromatic heterocycles. The highest BCUT2D eigenvalue weighted by atomic mass is 127. The lowest BCUT2D eigenvalue weighted by molar-refractivity contribution is 0.184. The molecule has 2 atom stereocenters. The number of hydrogen-bond acceptors (Lipinski definition) is 4. The lowest BCUT2D eigenvalue weighted by atomic mass is 10.1. The van der Waals surface area contributed by atoms with Gasteiger partial charge in [-0.1, -0.05) is 11.6 Å². The number of nitrogens with zero attached hydrogens (tertiary/aromatic N) is 2. The molecule has 5 nitrogen and oxygen atoms in total. The molecule has 2 unspecified atom stereocenters. The maximum absolute atomic E-state index is 10.1. The maximum Gasteiger partial charge on any atom is 0.191 e. The van der Waals surface area contributed by atoms with Crippen molar-refractivity contribution in [1.29, 1.82) is 0 Å². The molecule has 0 radical (unpaired) electrons. The van der Waals surface area contributed by atoms with Crippen LogP contribution in [-0.2, 0) is 0 Å². The van der Waals surface area contributed by atoms with Crippen LogP contribution in [0.2, 0.25) is 4.34 Å². The number of guanidine groups is 1. The summed E-state index contributed by atoms with van der Waals surface area (Å²) in [6.45, 7) is 3.61. The predicted octanol–water partition coefficient (Wildman–Crippen LogP) is 2.17. The van der Waals surface area contributed by atoms with E-state index in [0.717, 1.165) is 30.5 Å². The maximum atomic E-state index is 10.1. The van der Waals surface area contributed by atoms with Crippen LogP contribution in [0, 0.1) is 5.92 Å². The van der Waals surface area contributed by atoms with Crippen LogP contribution in [-0.4, -0.2) is 56.2 Å². The quantitative estimate of drug-likeness (QED) is 0.360. The second-order valence-corrected chi connectivity index (χ2v) is 7.16. The Morgan fingerprint density at radius 3 is 2.86 bits per heavy atom. The standard InChI is InChI=1S/C14H23ClN4OS.HI/c1-16-14(17-7-10-5-6-19(2)9-10)18-8-11(20)12-3-4-13(15)21-12;/h3-4,10-11,20H,5-9H2,1-2H3,(H2,16,17,18);1H. The highest BCUT2D eigenvalue weighted by molar-refractivity contribution is 14.0. The van der Waals surface area contributed by atoms with Gasteiger partial charge in [0.2, 0.25) is 0 Å². The van der Waals surface area contributed by atoms with E-state index in [1.165, 1.54) is 17.8 Å². The van der Waals surface area contributed by atoms with Crippen molar-refractivity contribution in [1.82, 2.24) is 15.5 Å². The summed E-state index contributed by atoms with van der Waals surface area (Å²) in [6.07, 6.45) is 0.648. The van der Waals surface area contributed by atoms with Gasteiger partial charge in [-0.15, -0.1) is 35.3 Å². The lowest BCUT2D eigenvalue weighted by Crippen LogP contribution is -2.41. The number of nitrogens with one attached hydrogen (secondary N) is 2. The monoisotopic (exact) mass is 458 g/mol. The van der Waals surface area contributed by atoms with Crippen molar-refractivity contribution < 1.29 is 5.11 Å². The Kier molecular flexibility index (Phi) is 9.00. The minimum Gasteiger partial charge on any atom is -0.386 e. The zero-order valence-electron chi connectivity index (χ0n) is 12.9. The Morgan fingerprint density at radius 2 is 2.32 bits per heavy atom. The van der Waals surface area contributed by atoms with Crippen molar-refractivity contribution in [3.05, 3.63) is 21.3 Å². The average Bonchev–Trinajstić information content (AvgIpc) is 3.07. The summed E-state index contributed by atoms with van der Waals surface area (Å²) in [5.74, 6) is 1.39. The molecule has 0 amide bonds. The van der Waals surface area contributed by atoms with E-state index in [4.69, 9.17) is 11.6 Å². The molecule has 1 aliphatic heterocycles. The number of hydrogen-bond donors (Lipinski definition) is 3. The number of halogens is 2. The summed E-state index contributed by atoms with van der Waals surface area (Å²) < 4.78 is 0.692. The minimum atomic E-state index is -0.571. The molecule has 8 heteroatoms. The van der Waals surface area contributed by atoms with Gasteiger partial charge >= 0.3 is 0 Å². The Bertz CT molecular complexity index is 485.